The molecular weight excluding hydrogens is 184 g/mol. The molecule has 0 aromatic carbocycles. The lowest BCUT2D eigenvalue weighted by atomic mass is 10.2. The lowest BCUT2D eigenvalue weighted by Gasteiger charge is -2.32. The summed E-state index contributed by atoms with van der Waals surface area (Å²) in [5.41, 5.74) is 0. The first-order valence-electron chi connectivity index (χ1n) is 4.92. The molecule has 0 aliphatic carbocycles. The van der Waals surface area contributed by atoms with Crippen LogP contribution in [0, 0.1) is 0 Å². The molecule has 2 N–H and O–H groups in total. The summed E-state index contributed by atoms with van der Waals surface area (Å²) >= 11 is 0. The van der Waals surface area contributed by atoms with E-state index in [1.165, 1.54) is 0 Å². The molecule has 1 amide bonds. The number of carbonyl (C=O) groups excluding carboxylic acids is 1. The fourth-order valence-corrected chi connectivity index (χ4v) is 1.45. The molecule has 0 spiro atoms. The molecule has 1 aliphatic rings. The third-order valence-corrected chi connectivity index (χ3v) is 2.28. The smallest absolute Gasteiger partial charge is 0.224 e. The zero-order valence-electron chi connectivity index (χ0n) is 8.53. The Morgan fingerprint density at radius 2 is 2.50 bits per heavy atom. The van der Waals surface area contributed by atoms with Gasteiger partial charge in [-0.2, -0.15) is 0 Å². The first-order chi connectivity index (χ1) is 6.77. The molecular formula is C9H18N2O3. The largest absolute Gasteiger partial charge is 0.394 e. The summed E-state index contributed by atoms with van der Waals surface area (Å²) in [5, 5.41) is 11.8. The Hall–Kier alpha value is -0.650. The predicted octanol–water partition coefficient (Wildman–Crippen LogP) is -1.18. The maximum Gasteiger partial charge on any atom is 0.224 e. The van der Waals surface area contributed by atoms with Gasteiger partial charge in [-0.25, -0.2) is 0 Å². The van der Waals surface area contributed by atoms with Gasteiger partial charge >= 0.3 is 0 Å². The van der Waals surface area contributed by atoms with E-state index in [0.717, 1.165) is 0 Å². The van der Waals surface area contributed by atoms with E-state index in [0.29, 0.717) is 32.7 Å². The van der Waals surface area contributed by atoms with Crippen molar-refractivity contribution in [1.82, 2.24) is 10.2 Å². The van der Waals surface area contributed by atoms with Crippen molar-refractivity contribution in [3.8, 4) is 0 Å². The van der Waals surface area contributed by atoms with Crippen molar-refractivity contribution in [2.75, 3.05) is 39.9 Å². The third-order valence-electron chi connectivity index (χ3n) is 2.28. The van der Waals surface area contributed by atoms with Crippen LogP contribution in [0.2, 0.25) is 0 Å². The van der Waals surface area contributed by atoms with Crippen LogP contribution in [0.1, 0.15) is 6.42 Å². The molecule has 1 atom stereocenters. The third kappa shape index (κ3) is 3.25. The van der Waals surface area contributed by atoms with E-state index < -0.39 is 0 Å². The highest BCUT2D eigenvalue weighted by Crippen LogP contribution is 2.05. The summed E-state index contributed by atoms with van der Waals surface area (Å²) in [7, 11) is 1.82. The fraction of sp³-hybridized carbons (Fsp3) is 0.889. The number of hydrogen-bond acceptors (Lipinski definition) is 4. The van der Waals surface area contributed by atoms with Crippen molar-refractivity contribution in [1.29, 1.82) is 0 Å². The number of ether oxygens (including phenoxy) is 1. The molecule has 0 aromatic rings. The van der Waals surface area contributed by atoms with Gasteiger partial charge in [-0.05, 0) is 7.05 Å². The highest BCUT2D eigenvalue weighted by molar-refractivity contribution is 5.76. The van der Waals surface area contributed by atoms with E-state index in [4.69, 9.17) is 9.84 Å². The highest BCUT2D eigenvalue weighted by Gasteiger charge is 2.22. The van der Waals surface area contributed by atoms with Gasteiger partial charge in [0.15, 0.2) is 0 Å². The number of rotatable bonds is 4. The van der Waals surface area contributed by atoms with Crippen LogP contribution in [-0.4, -0.2) is 61.9 Å². The van der Waals surface area contributed by atoms with E-state index >= 15 is 0 Å². The monoisotopic (exact) mass is 202 g/mol. The lowest BCUT2D eigenvalue weighted by Crippen LogP contribution is -2.47. The van der Waals surface area contributed by atoms with Gasteiger partial charge in [-0.15, -0.1) is 0 Å². The first-order valence-corrected chi connectivity index (χ1v) is 4.92. The first kappa shape index (κ1) is 11.4. The molecule has 82 valence electrons. The van der Waals surface area contributed by atoms with Gasteiger partial charge in [-0.3, -0.25) is 4.79 Å². The molecule has 14 heavy (non-hydrogen) atoms. The Morgan fingerprint density at radius 3 is 3.14 bits per heavy atom. The Bertz CT molecular complexity index is 187. The zero-order chi connectivity index (χ0) is 10.4. The van der Waals surface area contributed by atoms with Gasteiger partial charge in [0.2, 0.25) is 5.91 Å². The van der Waals surface area contributed by atoms with E-state index in [9.17, 15) is 4.79 Å². The van der Waals surface area contributed by atoms with Gasteiger partial charge in [0, 0.05) is 26.1 Å². The van der Waals surface area contributed by atoms with Gasteiger partial charge in [0.1, 0.15) is 0 Å². The van der Waals surface area contributed by atoms with Gasteiger partial charge < -0.3 is 20.1 Å². The highest BCUT2D eigenvalue weighted by atomic mass is 16.5. The van der Waals surface area contributed by atoms with Crippen LogP contribution in [-0.2, 0) is 9.53 Å². The van der Waals surface area contributed by atoms with Gasteiger partial charge in [0.25, 0.3) is 0 Å². The second-order valence-electron chi connectivity index (χ2n) is 3.37. The quantitative estimate of drug-likeness (QED) is 0.602. The Balaban J connectivity index is 2.31. The van der Waals surface area contributed by atoms with Crippen LogP contribution in [0.15, 0.2) is 0 Å². The normalized spacial score (nSPS) is 22.4. The molecule has 0 aromatic heterocycles. The number of hydrogen-bond donors (Lipinski definition) is 2. The Morgan fingerprint density at radius 1 is 1.71 bits per heavy atom. The number of morpholine rings is 1. The maximum absolute atomic E-state index is 11.6. The number of carbonyl (C=O) groups is 1. The number of aliphatic hydroxyl groups excluding tert-OH is 1. The molecule has 0 radical (unpaired) electrons. The van der Waals surface area contributed by atoms with Gasteiger partial charge in [-0.1, -0.05) is 0 Å². The maximum atomic E-state index is 11.6. The number of nitrogens with one attached hydrogen (secondary N) is 1. The molecule has 0 bridgehead atoms. The molecule has 5 nitrogen and oxygen atoms in total. The predicted molar refractivity (Wildman–Crippen MR) is 51.9 cm³/mol. The number of nitrogens with zero attached hydrogens (tertiary/aromatic N) is 1. The molecule has 1 unspecified atom stereocenters. The van der Waals surface area contributed by atoms with Crippen molar-refractivity contribution in [2.24, 2.45) is 0 Å². The average molecular weight is 202 g/mol. The van der Waals surface area contributed by atoms with E-state index in [-0.39, 0.29) is 18.6 Å². The van der Waals surface area contributed by atoms with Crippen molar-refractivity contribution < 1.29 is 14.6 Å². The average Bonchev–Trinajstić information content (AvgIpc) is 2.26. The molecule has 1 saturated heterocycles. The van der Waals surface area contributed by atoms with E-state index in [1.54, 1.807) is 4.90 Å². The molecule has 1 rings (SSSR count). The van der Waals surface area contributed by atoms with Crippen LogP contribution in [0.25, 0.3) is 0 Å². The van der Waals surface area contributed by atoms with Crippen LogP contribution in [0.5, 0.6) is 0 Å². The minimum absolute atomic E-state index is 0.0180. The zero-order valence-corrected chi connectivity index (χ0v) is 8.53. The van der Waals surface area contributed by atoms with Crippen LogP contribution >= 0.6 is 0 Å². The summed E-state index contributed by atoms with van der Waals surface area (Å²) in [6.45, 7) is 2.35. The summed E-state index contributed by atoms with van der Waals surface area (Å²) in [6.07, 6.45) is 0.302. The second-order valence-corrected chi connectivity index (χ2v) is 3.37. The van der Waals surface area contributed by atoms with Crippen LogP contribution in [0.4, 0.5) is 0 Å². The van der Waals surface area contributed by atoms with E-state index in [1.807, 2.05) is 7.05 Å². The Labute approximate surface area is 84.0 Å². The SMILES string of the molecule is CNCCC(=O)N1CCOC(CO)C1. The minimum atomic E-state index is -0.206. The van der Waals surface area contributed by atoms with E-state index in [2.05, 4.69) is 5.32 Å². The standard InChI is InChI=1S/C9H18N2O3/c1-10-3-2-9(13)11-4-5-14-8(6-11)7-12/h8,10,12H,2-7H2,1H3. The fourth-order valence-electron chi connectivity index (χ4n) is 1.45. The number of aliphatic hydroxyl groups is 1. The van der Waals surface area contributed by atoms with Crippen LogP contribution in [0.3, 0.4) is 0 Å². The number of amides is 1. The molecule has 1 fully saturated rings. The Kier molecular flexibility index (Phi) is 4.86. The second kappa shape index (κ2) is 5.95. The molecule has 1 aliphatic heterocycles. The van der Waals surface area contributed by atoms with Crippen LogP contribution < -0.4 is 5.32 Å². The van der Waals surface area contributed by atoms with Crippen molar-refractivity contribution in [3.63, 3.8) is 0 Å². The molecule has 5 heteroatoms. The summed E-state index contributed by atoms with van der Waals surface area (Å²) in [5.74, 6) is 0.126. The molecule has 0 saturated carbocycles. The lowest BCUT2D eigenvalue weighted by molar-refractivity contribution is -0.140. The summed E-state index contributed by atoms with van der Waals surface area (Å²) in [6, 6.07) is 0. The topological polar surface area (TPSA) is 61.8 Å². The minimum Gasteiger partial charge on any atom is -0.394 e. The molecule has 1 heterocycles. The van der Waals surface area contributed by atoms with Crippen molar-refractivity contribution >= 4 is 5.91 Å². The van der Waals surface area contributed by atoms with Crippen molar-refractivity contribution in [3.05, 3.63) is 0 Å². The van der Waals surface area contributed by atoms with Crippen molar-refractivity contribution in [2.45, 2.75) is 12.5 Å². The van der Waals surface area contributed by atoms with Gasteiger partial charge in [0.05, 0.1) is 19.3 Å². The summed E-state index contributed by atoms with van der Waals surface area (Å²) < 4.78 is 5.25. The summed E-state index contributed by atoms with van der Waals surface area (Å²) in [4.78, 5) is 13.3.